The summed E-state index contributed by atoms with van der Waals surface area (Å²) in [6, 6.07) is 0. The summed E-state index contributed by atoms with van der Waals surface area (Å²) >= 11 is 0. The first-order valence-corrected chi connectivity index (χ1v) is 7.14. The van der Waals surface area contributed by atoms with Crippen LogP contribution in [0.5, 0.6) is 0 Å². The molecule has 7 heteroatoms. The van der Waals surface area contributed by atoms with Crippen LogP contribution in [-0.4, -0.2) is 35.7 Å². The van der Waals surface area contributed by atoms with Gasteiger partial charge in [0.2, 0.25) is 5.89 Å². The van der Waals surface area contributed by atoms with Gasteiger partial charge < -0.3 is 20.2 Å². The molecule has 0 bridgehead atoms. The van der Waals surface area contributed by atoms with Crippen molar-refractivity contribution < 1.29 is 9.52 Å². The van der Waals surface area contributed by atoms with E-state index in [0.29, 0.717) is 12.4 Å². The van der Waals surface area contributed by atoms with E-state index in [0.717, 1.165) is 43.3 Å². The van der Waals surface area contributed by atoms with Crippen molar-refractivity contribution in [2.75, 3.05) is 19.7 Å². The summed E-state index contributed by atoms with van der Waals surface area (Å²) in [6.07, 6.45) is 2.15. The third kappa shape index (κ3) is 5.14. The molecule has 1 aromatic rings. The van der Waals surface area contributed by atoms with Crippen molar-refractivity contribution in [1.82, 2.24) is 15.6 Å². The molecule has 3 N–H and O–H groups in total. The van der Waals surface area contributed by atoms with E-state index in [1.807, 2.05) is 20.8 Å². The normalized spacial score (nSPS) is 16.3. The van der Waals surface area contributed by atoms with E-state index in [9.17, 15) is 5.11 Å². The number of aryl methyl sites for hydroxylation is 2. The maximum Gasteiger partial charge on any atom is 0.216 e. The van der Waals surface area contributed by atoms with Crippen LogP contribution in [0, 0.1) is 19.3 Å². The van der Waals surface area contributed by atoms with E-state index in [4.69, 9.17) is 4.42 Å². The lowest BCUT2D eigenvalue weighted by Gasteiger charge is -2.16. The molecule has 6 nitrogen and oxygen atoms in total. The number of aliphatic hydroxyl groups excluding tert-OH is 1. The Labute approximate surface area is 142 Å². The number of hydrogen-bond donors (Lipinski definition) is 3. The van der Waals surface area contributed by atoms with Gasteiger partial charge in [-0.2, -0.15) is 0 Å². The molecule has 0 spiro atoms. The summed E-state index contributed by atoms with van der Waals surface area (Å²) < 4.78 is 5.51. The number of nitrogens with zero attached hydrogens (tertiary/aromatic N) is 2. The molecule has 0 aromatic carbocycles. The summed E-state index contributed by atoms with van der Waals surface area (Å²) in [4.78, 5) is 8.77. The van der Waals surface area contributed by atoms with Crippen LogP contribution in [0.25, 0.3) is 0 Å². The van der Waals surface area contributed by atoms with Crippen molar-refractivity contribution in [2.24, 2.45) is 10.4 Å². The van der Waals surface area contributed by atoms with Gasteiger partial charge in [0.05, 0.1) is 12.3 Å². The average Bonchev–Trinajstić information content (AvgIpc) is 3.15. The zero-order valence-electron chi connectivity index (χ0n) is 12.9. The van der Waals surface area contributed by atoms with Crippen molar-refractivity contribution in [1.29, 1.82) is 0 Å². The highest BCUT2D eigenvalue weighted by molar-refractivity contribution is 14.0. The molecule has 1 fully saturated rings. The molecule has 0 unspecified atom stereocenters. The molecule has 0 radical (unpaired) electrons. The van der Waals surface area contributed by atoms with Gasteiger partial charge in [-0.05, 0) is 33.6 Å². The second-order valence-corrected chi connectivity index (χ2v) is 5.46. The van der Waals surface area contributed by atoms with Gasteiger partial charge in [-0.3, -0.25) is 0 Å². The number of aromatic nitrogens is 1. The summed E-state index contributed by atoms with van der Waals surface area (Å²) in [5, 5.41) is 15.8. The summed E-state index contributed by atoms with van der Waals surface area (Å²) in [5.74, 6) is 2.20. The quantitative estimate of drug-likeness (QED) is 0.380. The van der Waals surface area contributed by atoms with E-state index in [1.54, 1.807) is 0 Å². The van der Waals surface area contributed by atoms with E-state index in [1.165, 1.54) is 0 Å². The molecule has 120 valence electrons. The van der Waals surface area contributed by atoms with Gasteiger partial charge in [0.25, 0.3) is 0 Å². The van der Waals surface area contributed by atoms with Crippen LogP contribution in [-0.2, 0) is 6.54 Å². The fraction of sp³-hybridized carbons (Fsp3) is 0.714. The van der Waals surface area contributed by atoms with Gasteiger partial charge in [0.1, 0.15) is 12.3 Å². The molecule has 0 aliphatic heterocycles. The molecule has 1 aliphatic rings. The largest absolute Gasteiger partial charge is 0.444 e. The van der Waals surface area contributed by atoms with Crippen LogP contribution in [0.2, 0.25) is 0 Å². The second kappa shape index (κ2) is 7.98. The SMILES string of the molecule is CCNC(=NCc1nc(C)c(C)o1)NCC1(CO)CC1.I. The fourth-order valence-corrected chi connectivity index (χ4v) is 1.93. The Morgan fingerprint density at radius 1 is 1.38 bits per heavy atom. The maximum absolute atomic E-state index is 9.32. The number of aliphatic hydroxyl groups is 1. The summed E-state index contributed by atoms with van der Waals surface area (Å²) in [6.45, 7) is 8.04. The lowest BCUT2D eigenvalue weighted by molar-refractivity contribution is 0.212. The van der Waals surface area contributed by atoms with Crippen molar-refractivity contribution in [3.63, 3.8) is 0 Å². The lowest BCUT2D eigenvalue weighted by Crippen LogP contribution is -2.41. The Bertz CT molecular complexity index is 464. The number of guanidine groups is 1. The second-order valence-electron chi connectivity index (χ2n) is 5.46. The Balaban J connectivity index is 0.00000220. The van der Waals surface area contributed by atoms with Crippen molar-refractivity contribution in [3.8, 4) is 0 Å². The Morgan fingerprint density at radius 3 is 2.57 bits per heavy atom. The molecule has 0 atom stereocenters. The van der Waals surface area contributed by atoms with E-state index < -0.39 is 0 Å². The zero-order chi connectivity index (χ0) is 14.6. The molecule has 2 rings (SSSR count). The number of oxazole rings is 1. The number of aliphatic imine (C=N–C) groups is 1. The van der Waals surface area contributed by atoms with Gasteiger partial charge >= 0.3 is 0 Å². The zero-order valence-corrected chi connectivity index (χ0v) is 15.2. The van der Waals surface area contributed by atoms with Crippen LogP contribution >= 0.6 is 24.0 Å². The molecule has 21 heavy (non-hydrogen) atoms. The molecule has 1 aliphatic carbocycles. The minimum Gasteiger partial charge on any atom is -0.444 e. The third-order valence-corrected chi connectivity index (χ3v) is 3.71. The third-order valence-electron chi connectivity index (χ3n) is 3.71. The maximum atomic E-state index is 9.32. The van der Waals surface area contributed by atoms with Gasteiger partial charge in [-0.25, -0.2) is 9.98 Å². The van der Waals surface area contributed by atoms with Gasteiger partial charge in [0, 0.05) is 18.5 Å². The molecule has 1 saturated carbocycles. The number of halogens is 1. The molecular formula is C14H25IN4O2. The minimum absolute atomic E-state index is 0. The van der Waals surface area contributed by atoms with Gasteiger partial charge in [-0.15, -0.1) is 24.0 Å². The van der Waals surface area contributed by atoms with Crippen LogP contribution < -0.4 is 10.6 Å². The lowest BCUT2D eigenvalue weighted by atomic mass is 10.1. The smallest absolute Gasteiger partial charge is 0.216 e. The summed E-state index contributed by atoms with van der Waals surface area (Å²) in [7, 11) is 0. The highest BCUT2D eigenvalue weighted by atomic mass is 127. The highest BCUT2D eigenvalue weighted by Crippen LogP contribution is 2.44. The monoisotopic (exact) mass is 408 g/mol. The molecule has 0 amide bonds. The van der Waals surface area contributed by atoms with Crippen molar-refractivity contribution in [3.05, 3.63) is 17.3 Å². The first kappa shape index (κ1) is 18.2. The van der Waals surface area contributed by atoms with Crippen LogP contribution in [0.15, 0.2) is 9.41 Å². The predicted molar refractivity (Wildman–Crippen MR) is 93.0 cm³/mol. The van der Waals surface area contributed by atoms with E-state index in [-0.39, 0.29) is 36.0 Å². The number of hydrogen-bond acceptors (Lipinski definition) is 4. The molecule has 1 heterocycles. The fourth-order valence-electron chi connectivity index (χ4n) is 1.93. The van der Waals surface area contributed by atoms with Crippen molar-refractivity contribution in [2.45, 2.75) is 40.2 Å². The molecular weight excluding hydrogens is 383 g/mol. The average molecular weight is 408 g/mol. The number of rotatable bonds is 6. The van der Waals surface area contributed by atoms with Crippen molar-refractivity contribution >= 4 is 29.9 Å². The Hall–Kier alpha value is -0.830. The first-order valence-electron chi connectivity index (χ1n) is 7.14. The summed E-state index contributed by atoms with van der Waals surface area (Å²) in [5.41, 5.74) is 0.970. The standard InChI is InChI=1S/C14H24N4O2.HI/c1-4-15-13(17-8-14(9-19)5-6-14)16-7-12-18-10(2)11(3)20-12;/h19H,4-9H2,1-3H3,(H2,15,16,17);1H. The highest BCUT2D eigenvalue weighted by Gasteiger charge is 2.41. The predicted octanol–water partition coefficient (Wildman–Crippen LogP) is 1.74. The minimum atomic E-state index is 0. The van der Waals surface area contributed by atoms with E-state index in [2.05, 4.69) is 20.6 Å². The molecule has 0 saturated heterocycles. The Morgan fingerprint density at radius 2 is 2.10 bits per heavy atom. The number of nitrogens with one attached hydrogen (secondary N) is 2. The Kier molecular flexibility index (Phi) is 6.92. The van der Waals surface area contributed by atoms with Crippen LogP contribution in [0.3, 0.4) is 0 Å². The topological polar surface area (TPSA) is 82.7 Å². The van der Waals surface area contributed by atoms with E-state index >= 15 is 0 Å². The van der Waals surface area contributed by atoms with Gasteiger partial charge in [-0.1, -0.05) is 0 Å². The van der Waals surface area contributed by atoms with Crippen LogP contribution in [0.4, 0.5) is 0 Å². The molecule has 1 aromatic heterocycles. The first-order chi connectivity index (χ1) is 9.58. The van der Waals surface area contributed by atoms with Crippen LogP contribution in [0.1, 0.15) is 37.1 Å². The van der Waals surface area contributed by atoms with Gasteiger partial charge in [0.15, 0.2) is 5.96 Å².